The van der Waals surface area contributed by atoms with Crippen LogP contribution in [-0.4, -0.2) is 136 Å². The number of carbonyl (C=O) groups excluding carboxylic acids is 6. The van der Waals surface area contributed by atoms with Gasteiger partial charge in [0.25, 0.3) is 23.6 Å². The predicted molar refractivity (Wildman–Crippen MR) is 449 cm³/mol. The lowest BCUT2D eigenvalue weighted by atomic mass is 9.53. The van der Waals surface area contributed by atoms with Crippen LogP contribution in [0.5, 0.6) is 5.75 Å². The fraction of sp³-hybridized carbons (Fsp3) is 0.244. The average Bonchev–Trinajstić information content (AvgIpc) is 0.916. The number of benzene rings is 5. The number of anilines is 3. The van der Waals surface area contributed by atoms with Gasteiger partial charge in [-0.2, -0.15) is 20.4 Å². The van der Waals surface area contributed by atoms with Gasteiger partial charge in [0.1, 0.15) is 105 Å². The van der Waals surface area contributed by atoms with Gasteiger partial charge in [0.05, 0.1) is 49.7 Å². The number of aromatic amines is 4. The maximum Gasteiger partial charge on any atom is 0.311 e. The van der Waals surface area contributed by atoms with E-state index in [9.17, 15) is 46.3 Å². The number of hydrogen-bond acceptors (Lipinski definition) is 24. The molecule has 626 valence electrons. The molecular weight excluding hydrogens is 1680 g/mol. The summed E-state index contributed by atoms with van der Waals surface area (Å²) in [7, 11) is 1.46. The molecule has 31 nitrogen and oxygen atoms in total. The zero-order valence-electron chi connectivity index (χ0n) is 65.0. The third-order valence-electron chi connectivity index (χ3n) is 20.7. The topological polar surface area (TPSA) is 423 Å². The van der Waals surface area contributed by atoms with Crippen LogP contribution in [0.2, 0.25) is 20.1 Å². The molecule has 0 saturated heterocycles. The fourth-order valence-electron chi connectivity index (χ4n) is 14.0. The van der Waals surface area contributed by atoms with E-state index in [0.29, 0.717) is 115 Å². The van der Waals surface area contributed by atoms with Crippen LogP contribution in [0.3, 0.4) is 0 Å². The Labute approximate surface area is 714 Å². The van der Waals surface area contributed by atoms with Crippen LogP contribution in [-0.2, 0) is 55.2 Å². The number of Topliss-reactive ketones (excluding diaryl/α,β-unsaturated/α-hetero) is 1. The van der Waals surface area contributed by atoms with Crippen LogP contribution in [0.15, 0.2) is 141 Å². The number of rotatable bonds is 23. The second-order valence-electron chi connectivity index (χ2n) is 28.9. The van der Waals surface area contributed by atoms with E-state index < -0.39 is 41.0 Å². The van der Waals surface area contributed by atoms with Crippen LogP contribution in [0.4, 0.5) is 35.0 Å². The number of methoxy groups -OCH3 is 1. The molecule has 122 heavy (non-hydrogen) atoms. The Kier molecular flexibility index (Phi) is 26.3. The third-order valence-corrected chi connectivity index (χ3v) is 23.1. The van der Waals surface area contributed by atoms with Crippen molar-refractivity contribution in [2.24, 2.45) is 10.8 Å². The zero-order chi connectivity index (χ0) is 85.9. The Morgan fingerprint density at radius 1 is 0.475 bits per heavy atom. The minimum atomic E-state index is -0.521. The van der Waals surface area contributed by atoms with E-state index in [-0.39, 0.29) is 97.5 Å². The maximum absolute atomic E-state index is 13.4. The molecule has 5 aromatic carbocycles. The summed E-state index contributed by atoms with van der Waals surface area (Å²) in [6.45, 7) is 10.2. The Morgan fingerprint density at radius 3 is 1.30 bits per heavy atom. The van der Waals surface area contributed by atoms with Gasteiger partial charge < -0.3 is 46.7 Å². The molecule has 10 heterocycles. The van der Waals surface area contributed by atoms with Gasteiger partial charge in [-0.05, 0) is 163 Å². The van der Waals surface area contributed by atoms with Crippen molar-refractivity contribution in [1.29, 1.82) is 0 Å². The Morgan fingerprint density at radius 2 is 0.877 bits per heavy atom. The summed E-state index contributed by atoms with van der Waals surface area (Å²) in [4.78, 5) is 109. The van der Waals surface area contributed by atoms with E-state index in [1.165, 1.54) is 105 Å². The van der Waals surface area contributed by atoms with Crippen molar-refractivity contribution in [2.45, 2.75) is 98.1 Å². The number of esters is 1. The van der Waals surface area contributed by atoms with E-state index in [4.69, 9.17) is 55.9 Å². The summed E-state index contributed by atoms with van der Waals surface area (Å²) >= 11 is 24.5. The van der Waals surface area contributed by atoms with Gasteiger partial charge in [-0.3, -0.25) is 49.2 Å². The maximum atomic E-state index is 13.4. The van der Waals surface area contributed by atoms with Crippen molar-refractivity contribution >= 4 is 155 Å². The molecule has 1 aliphatic heterocycles. The van der Waals surface area contributed by atoms with E-state index in [0.717, 1.165) is 78.0 Å². The number of aryl methyl sites for hydroxylation is 1. The largest absolute Gasteiger partial charge is 0.489 e. The summed E-state index contributed by atoms with van der Waals surface area (Å²) in [6.07, 6.45) is 11.4. The first-order valence-electron chi connectivity index (χ1n) is 37.7. The molecule has 0 radical (unpaired) electrons. The normalized spacial score (nSPS) is 15.0. The number of hydrogen-bond donors (Lipinski definition) is 11. The molecule has 4 amide bonds. The minimum absolute atomic E-state index is 0.00292. The third kappa shape index (κ3) is 19.6. The second kappa shape index (κ2) is 37.6. The zero-order valence-corrected chi connectivity index (χ0v) is 68.8. The van der Waals surface area contributed by atoms with Crippen LogP contribution >= 0.6 is 57.7 Å². The molecule has 0 unspecified atom stereocenters. The Balaban J connectivity index is 0.000000134. The molecule has 2 bridgehead atoms. The number of carbonyl (C=O) groups is 6. The van der Waals surface area contributed by atoms with E-state index in [2.05, 4.69) is 131 Å². The van der Waals surface area contributed by atoms with E-state index in [1.54, 1.807) is 24.3 Å². The Bertz CT molecular complexity index is 6340. The molecule has 18 rings (SSSR count). The highest BCUT2D eigenvalue weighted by molar-refractivity contribution is 7.14. The number of aromatic nitrogens is 16. The monoisotopic (exact) mass is 1760 g/mol. The van der Waals surface area contributed by atoms with Crippen molar-refractivity contribution in [3.05, 3.63) is 256 Å². The van der Waals surface area contributed by atoms with Crippen LogP contribution < -0.4 is 42.0 Å². The lowest BCUT2D eigenvalue weighted by molar-refractivity contribution is -0.162. The first-order chi connectivity index (χ1) is 58.8. The number of amides is 4. The molecule has 11 N–H and O–H groups in total. The first-order valence-corrected chi connectivity index (χ1v) is 40.1. The number of nitrogens with zero attached hydrogens (tertiary/aromatic N) is 12. The summed E-state index contributed by atoms with van der Waals surface area (Å²) in [5, 5.41) is 48.9. The van der Waals surface area contributed by atoms with E-state index >= 15 is 0 Å². The van der Waals surface area contributed by atoms with Gasteiger partial charge >= 0.3 is 5.97 Å². The summed E-state index contributed by atoms with van der Waals surface area (Å²) < 4.78 is 63.8. The standard InChI is InChI=1S/C24H26ClFN6O3.C24H20ClFN6O2.C20H16ClFN6O2S.C14H11ClFN5O/c1-35-22(34)24-7-4-23(5-8-24,6-9-24)12-28-20-18-17(31-32-20)19(30-13-29-18)21(33)27-11-14-2-3-16(26)15(25)10-14;1-13-6-16-7-14(3-5-19(16)34-11-13)9-27-23-21-20(31-32-23)22(30-12-29-21)24(33)28-10-15-2-4-18(26)17(25)8-15;1-10(29)15-5-3-12(31-15)8-23-19-17-16(27-28-19)18(26-9-25-17)20(30)24-7-11-2-4-14(22)13(21)6-11;1-7-11-12(21-20-7)13(19-6-18-11)14(22)17-5-8-2-3-10(16)9(15)4-8/h2-3,10,13H,4-9,11-12H2,1H3,(H,27,33)(H2,28,31,32);2-5,7-8,12H,1,6,9-11H2,(H,28,33)(H2,27,31,32);2-6,9H,7-8H2,1H3,(H,24,30)(H2,23,27,28);2-4,6H,5H2,1H3,(H,17,22)(H,20,21). The van der Waals surface area contributed by atoms with Gasteiger partial charge in [0.15, 0.2) is 46.0 Å². The summed E-state index contributed by atoms with van der Waals surface area (Å²) in [5.41, 5.74) is 10.8. The molecule has 9 aromatic heterocycles. The highest BCUT2D eigenvalue weighted by atomic mass is 35.5. The molecule has 0 spiro atoms. The molecule has 14 aromatic rings. The molecule has 3 fully saturated rings. The molecule has 3 saturated carbocycles. The summed E-state index contributed by atoms with van der Waals surface area (Å²) in [5.74, 6) is -1.34. The number of fused-ring (bicyclic) bond motifs is 8. The first kappa shape index (κ1) is 85.3. The van der Waals surface area contributed by atoms with Crippen LogP contribution in [0, 0.1) is 41.0 Å². The van der Waals surface area contributed by atoms with E-state index in [1.807, 2.05) is 25.1 Å². The summed E-state index contributed by atoms with van der Waals surface area (Å²) in [6, 6.07) is 26.7. The van der Waals surface area contributed by atoms with Crippen LogP contribution in [0.25, 0.3) is 44.1 Å². The Hall–Kier alpha value is -13.2. The number of ketones is 1. The predicted octanol–water partition coefficient (Wildman–Crippen LogP) is 14.5. The fourth-order valence-corrected chi connectivity index (χ4v) is 15.7. The quantitative estimate of drug-likeness (QED) is 0.0123. The number of ether oxygens (including phenoxy) is 2. The van der Waals surface area contributed by atoms with Crippen molar-refractivity contribution in [2.75, 3.05) is 36.2 Å². The van der Waals surface area contributed by atoms with Crippen molar-refractivity contribution in [3.8, 4) is 5.75 Å². The van der Waals surface area contributed by atoms with Crippen molar-refractivity contribution in [3.63, 3.8) is 0 Å². The lowest BCUT2D eigenvalue weighted by Crippen LogP contribution is -2.48. The number of nitrogens with one attached hydrogen (secondary N) is 11. The SMILES string of the molecule is C=C1COc2ccc(CNc3n[nH]c4c(C(=O)NCc5ccc(F)c(Cl)c5)ncnc34)cc2C1.CC(=O)c1ccc(CNc2n[nH]c3c(C(=O)NCc4ccc(F)c(Cl)c4)ncnc23)s1.COC(=O)C12CCC(CNc3n[nH]c4c(C(=O)NCc5ccc(F)c(Cl)c5)ncnc34)(CC1)CC2.Cc1[nH]nc2c(C(=O)NCc3ccc(F)c(Cl)c3)ncnc12. The van der Waals surface area contributed by atoms with Gasteiger partial charge in [-0.1, -0.05) is 89.4 Å². The van der Waals surface area contributed by atoms with Crippen molar-refractivity contribution in [1.82, 2.24) is 102 Å². The van der Waals surface area contributed by atoms with Crippen LogP contribution in [0.1, 0.15) is 141 Å². The second-order valence-corrected chi connectivity index (χ2v) is 31.7. The highest BCUT2D eigenvalue weighted by Crippen LogP contribution is 2.57. The molecule has 40 heteroatoms. The number of halogens is 8. The number of thiophene rings is 1. The average molecular weight is 1760 g/mol. The van der Waals surface area contributed by atoms with Gasteiger partial charge in [-0.15, -0.1) is 11.3 Å². The highest BCUT2D eigenvalue weighted by Gasteiger charge is 2.53. The van der Waals surface area contributed by atoms with Gasteiger partial charge in [-0.25, -0.2) is 57.4 Å². The van der Waals surface area contributed by atoms with Gasteiger partial charge in [0, 0.05) is 50.6 Å². The molecular formula is C82H73Cl4F4N23O8S. The smallest absolute Gasteiger partial charge is 0.311 e. The molecule has 0 atom stereocenters. The van der Waals surface area contributed by atoms with Crippen molar-refractivity contribution < 1.29 is 55.8 Å². The molecule has 4 aliphatic rings. The lowest BCUT2D eigenvalue weighted by Gasteiger charge is -2.51. The number of H-pyrrole nitrogens is 4. The minimum Gasteiger partial charge on any atom is -0.489 e. The van der Waals surface area contributed by atoms with Gasteiger partial charge in [0.2, 0.25) is 0 Å². The molecule has 3 aliphatic carbocycles.